The van der Waals surface area contributed by atoms with Gasteiger partial charge in [-0.3, -0.25) is 4.90 Å². The molecule has 0 spiro atoms. The molecule has 2 N–H and O–H groups in total. The van der Waals surface area contributed by atoms with Gasteiger partial charge in [0.25, 0.3) is 0 Å². The van der Waals surface area contributed by atoms with Crippen molar-refractivity contribution in [3.05, 3.63) is 10.6 Å². The third-order valence-corrected chi connectivity index (χ3v) is 5.83. The zero-order chi connectivity index (χ0) is 15.0. The van der Waals surface area contributed by atoms with Crippen LogP contribution in [0.5, 0.6) is 0 Å². The molecule has 1 aromatic heterocycles. The number of rotatable bonds is 2. The zero-order valence-electron chi connectivity index (χ0n) is 13.6. The second-order valence-corrected chi connectivity index (χ2v) is 8.42. The fourth-order valence-electron chi connectivity index (χ4n) is 3.53. The summed E-state index contributed by atoms with van der Waals surface area (Å²) < 4.78 is 0. The van der Waals surface area contributed by atoms with Gasteiger partial charge in [-0.15, -0.1) is 11.3 Å². The van der Waals surface area contributed by atoms with Crippen molar-refractivity contribution in [3.63, 3.8) is 0 Å². The Kier molecular flexibility index (Phi) is 4.26. The second kappa shape index (κ2) is 5.86. The smallest absolute Gasteiger partial charge is 0.185 e. The van der Waals surface area contributed by atoms with Gasteiger partial charge in [-0.2, -0.15) is 0 Å². The lowest BCUT2D eigenvalue weighted by Crippen LogP contribution is -2.54. The maximum atomic E-state index is 5.94. The van der Waals surface area contributed by atoms with E-state index in [1.54, 1.807) is 11.3 Å². The van der Waals surface area contributed by atoms with E-state index in [-0.39, 0.29) is 5.41 Å². The first-order valence-electron chi connectivity index (χ1n) is 8.18. The highest BCUT2D eigenvalue weighted by Gasteiger charge is 2.31. The van der Waals surface area contributed by atoms with Gasteiger partial charge >= 0.3 is 0 Å². The Morgan fingerprint density at radius 1 is 1.24 bits per heavy atom. The predicted molar refractivity (Wildman–Crippen MR) is 90.1 cm³/mol. The fourth-order valence-corrected chi connectivity index (χ4v) is 4.71. The molecule has 0 radical (unpaired) electrons. The summed E-state index contributed by atoms with van der Waals surface area (Å²) >= 11 is 1.80. The molecule has 3 heterocycles. The number of fused-ring (bicyclic) bond motifs is 1. The van der Waals surface area contributed by atoms with Gasteiger partial charge < -0.3 is 10.6 Å². The van der Waals surface area contributed by atoms with Crippen molar-refractivity contribution < 1.29 is 0 Å². The summed E-state index contributed by atoms with van der Waals surface area (Å²) in [5.74, 6) is 0. The molecular formula is C16H28N4S. The van der Waals surface area contributed by atoms with Gasteiger partial charge in [0.15, 0.2) is 5.13 Å². The summed E-state index contributed by atoms with van der Waals surface area (Å²) in [5, 5.41) is 1.19. The van der Waals surface area contributed by atoms with Gasteiger partial charge in [0.2, 0.25) is 0 Å². The molecule has 118 valence electrons. The van der Waals surface area contributed by atoms with Gasteiger partial charge in [-0.05, 0) is 19.4 Å². The highest BCUT2D eigenvalue weighted by molar-refractivity contribution is 7.15. The number of thiazole rings is 1. The van der Waals surface area contributed by atoms with E-state index in [0.717, 1.165) is 19.1 Å². The topological polar surface area (TPSA) is 45.4 Å². The summed E-state index contributed by atoms with van der Waals surface area (Å²) in [5.41, 5.74) is 7.21. The lowest BCUT2D eigenvalue weighted by molar-refractivity contribution is 0.133. The SMILES string of the molecule is CC(C)(C)c1nc(N2CCN3CCCCC3C2)sc1CN. The van der Waals surface area contributed by atoms with Crippen LogP contribution in [0.15, 0.2) is 0 Å². The van der Waals surface area contributed by atoms with Crippen LogP contribution >= 0.6 is 11.3 Å². The van der Waals surface area contributed by atoms with Crippen LogP contribution < -0.4 is 10.6 Å². The molecule has 2 aliphatic heterocycles. The van der Waals surface area contributed by atoms with Gasteiger partial charge in [0, 0.05) is 42.5 Å². The number of piperidine rings is 1. The van der Waals surface area contributed by atoms with E-state index in [1.165, 1.54) is 48.1 Å². The first kappa shape index (κ1) is 15.3. The standard InChI is InChI=1S/C16H28N4S/c1-16(2,3)14-13(10-17)21-15(18-14)20-9-8-19-7-5-4-6-12(19)11-20/h12H,4-11,17H2,1-3H3. The predicted octanol–water partition coefficient (Wildman–Crippen LogP) is 2.57. The Morgan fingerprint density at radius 3 is 2.71 bits per heavy atom. The van der Waals surface area contributed by atoms with E-state index in [9.17, 15) is 0 Å². The van der Waals surface area contributed by atoms with Crippen molar-refractivity contribution in [3.8, 4) is 0 Å². The number of aromatic nitrogens is 1. The van der Waals surface area contributed by atoms with Gasteiger partial charge in [0.1, 0.15) is 0 Å². The molecule has 2 saturated heterocycles. The van der Waals surface area contributed by atoms with E-state index < -0.39 is 0 Å². The van der Waals surface area contributed by atoms with Gasteiger partial charge in [-0.1, -0.05) is 27.2 Å². The Balaban J connectivity index is 1.79. The number of piperazine rings is 1. The highest BCUT2D eigenvalue weighted by Crippen LogP contribution is 2.35. The lowest BCUT2D eigenvalue weighted by atomic mass is 9.91. The Labute approximate surface area is 132 Å². The Morgan fingerprint density at radius 2 is 2.05 bits per heavy atom. The Bertz CT molecular complexity index is 491. The molecular weight excluding hydrogens is 280 g/mol. The second-order valence-electron chi connectivity index (χ2n) is 7.35. The molecule has 1 unspecified atom stereocenters. The van der Waals surface area contributed by atoms with Crippen LogP contribution in [0.25, 0.3) is 0 Å². The van der Waals surface area contributed by atoms with Crippen molar-refractivity contribution in [1.82, 2.24) is 9.88 Å². The molecule has 1 atom stereocenters. The van der Waals surface area contributed by atoms with E-state index in [4.69, 9.17) is 10.7 Å². The molecule has 0 aromatic carbocycles. The van der Waals surface area contributed by atoms with Crippen LogP contribution in [-0.4, -0.2) is 42.1 Å². The van der Waals surface area contributed by atoms with Crippen molar-refractivity contribution in [2.45, 2.75) is 58.0 Å². The van der Waals surface area contributed by atoms with Crippen LogP contribution in [-0.2, 0) is 12.0 Å². The molecule has 4 nitrogen and oxygen atoms in total. The summed E-state index contributed by atoms with van der Waals surface area (Å²) in [7, 11) is 0. The molecule has 0 bridgehead atoms. The molecule has 2 aliphatic rings. The summed E-state index contributed by atoms with van der Waals surface area (Å²) in [6.07, 6.45) is 4.10. The van der Waals surface area contributed by atoms with Gasteiger partial charge in [0.05, 0.1) is 5.69 Å². The third-order valence-electron chi connectivity index (χ3n) is 4.69. The minimum Gasteiger partial charge on any atom is -0.345 e. The maximum absolute atomic E-state index is 5.94. The van der Waals surface area contributed by atoms with Crippen LogP contribution in [0.1, 0.15) is 50.6 Å². The molecule has 0 saturated carbocycles. The average molecular weight is 308 g/mol. The highest BCUT2D eigenvalue weighted by atomic mass is 32.1. The summed E-state index contributed by atoms with van der Waals surface area (Å²) in [6.45, 7) is 12.0. The number of nitrogens with zero attached hydrogens (tertiary/aromatic N) is 3. The number of anilines is 1. The van der Waals surface area contributed by atoms with E-state index in [1.807, 2.05) is 0 Å². The normalized spacial score (nSPS) is 24.2. The molecule has 21 heavy (non-hydrogen) atoms. The van der Waals surface area contributed by atoms with Crippen molar-refractivity contribution in [2.75, 3.05) is 31.1 Å². The molecule has 5 heteroatoms. The maximum Gasteiger partial charge on any atom is 0.185 e. The number of hydrogen-bond donors (Lipinski definition) is 1. The first-order valence-corrected chi connectivity index (χ1v) is 9.00. The molecule has 3 rings (SSSR count). The fraction of sp³-hybridized carbons (Fsp3) is 0.812. The van der Waals surface area contributed by atoms with Crippen LogP contribution in [0.4, 0.5) is 5.13 Å². The van der Waals surface area contributed by atoms with Crippen molar-refractivity contribution in [2.24, 2.45) is 5.73 Å². The first-order chi connectivity index (χ1) is 9.99. The summed E-state index contributed by atoms with van der Waals surface area (Å²) in [4.78, 5) is 11.4. The number of hydrogen-bond acceptors (Lipinski definition) is 5. The van der Waals surface area contributed by atoms with E-state index >= 15 is 0 Å². The quantitative estimate of drug-likeness (QED) is 0.912. The molecule has 0 aliphatic carbocycles. The molecule has 0 amide bonds. The lowest BCUT2D eigenvalue weighted by Gasteiger charge is -2.44. The largest absolute Gasteiger partial charge is 0.345 e. The van der Waals surface area contributed by atoms with Crippen LogP contribution in [0.2, 0.25) is 0 Å². The third kappa shape index (κ3) is 3.10. The number of nitrogens with two attached hydrogens (primary N) is 1. The van der Waals surface area contributed by atoms with Gasteiger partial charge in [-0.25, -0.2) is 4.98 Å². The minimum atomic E-state index is 0.0795. The minimum absolute atomic E-state index is 0.0795. The average Bonchev–Trinajstić information content (AvgIpc) is 2.91. The van der Waals surface area contributed by atoms with E-state index in [0.29, 0.717) is 6.54 Å². The zero-order valence-corrected chi connectivity index (χ0v) is 14.4. The van der Waals surface area contributed by atoms with Crippen LogP contribution in [0.3, 0.4) is 0 Å². The molecule has 1 aromatic rings. The van der Waals surface area contributed by atoms with Crippen LogP contribution in [0, 0.1) is 0 Å². The summed E-state index contributed by atoms with van der Waals surface area (Å²) in [6, 6.07) is 0.732. The molecule has 2 fully saturated rings. The Hall–Kier alpha value is -0.650. The monoisotopic (exact) mass is 308 g/mol. The van der Waals surface area contributed by atoms with Crippen molar-refractivity contribution in [1.29, 1.82) is 0 Å². The van der Waals surface area contributed by atoms with Crippen molar-refractivity contribution >= 4 is 16.5 Å². The van der Waals surface area contributed by atoms with E-state index in [2.05, 4.69) is 30.6 Å².